The summed E-state index contributed by atoms with van der Waals surface area (Å²) in [6, 6.07) is 8.13. The molecule has 0 radical (unpaired) electrons. The van der Waals surface area contributed by atoms with Crippen LogP contribution in [0.5, 0.6) is 0 Å². The molecule has 5 nitrogen and oxygen atoms in total. The van der Waals surface area contributed by atoms with E-state index in [9.17, 15) is 9.59 Å². The number of hydrogen-bond acceptors (Lipinski definition) is 2. The molecule has 0 saturated carbocycles. The lowest BCUT2D eigenvalue weighted by Crippen LogP contribution is -2.44. The van der Waals surface area contributed by atoms with Gasteiger partial charge in [0, 0.05) is 43.7 Å². The van der Waals surface area contributed by atoms with E-state index in [0.717, 1.165) is 31.3 Å². The van der Waals surface area contributed by atoms with E-state index >= 15 is 0 Å². The van der Waals surface area contributed by atoms with Crippen LogP contribution in [0.1, 0.15) is 24.8 Å². The predicted molar refractivity (Wildman–Crippen MR) is 90.0 cm³/mol. The third-order valence-electron chi connectivity index (χ3n) is 4.67. The minimum atomic E-state index is -0.0641. The molecular weight excluding hydrogens is 290 g/mol. The number of aromatic nitrogens is 1. The van der Waals surface area contributed by atoms with E-state index in [-0.39, 0.29) is 17.7 Å². The van der Waals surface area contributed by atoms with Crippen molar-refractivity contribution in [2.75, 3.05) is 20.1 Å². The fraction of sp³-hybridized carbons (Fsp3) is 0.444. The third kappa shape index (κ3) is 3.38. The Morgan fingerprint density at radius 3 is 3.00 bits per heavy atom. The Hall–Kier alpha value is -2.30. The molecule has 2 N–H and O–H groups in total. The molecule has 0 unspecified atom stereocenters. The van der Waals surface area contributed by atoms with Gasteiger partial charge in [0.05, 0.1) is 5.92 Å². The number of para-hydroxylation sites is 1. The van der Waals surface area contributed by atoms with Gasteiger partial charge in [0.1, 0.15) is 0 Å². The minimum Gasteiger partial charge on any atom is -0.361 e. The Labute approximate surface area is 136 Å². The molecule has 1 saturated heterocycles. The second-order valence-corrected chi connectivity index (χ2v) is 6.15. The van der Waals surface area contributed by atoms with E-state index in [4.69, 9.17) is 0 Å². The van der Waals surface area contributed by atoms with Gasteiger partial charge in [0.25, 0.3) is 0 Å². The van der Waals surface area contributed by atoms with Gasteiger partial charge in [0.15, 0.2) is 0 Å². The summed E-state index contributed by atoms with van der Waals surface area (Å²) in [5.41, 5.74) is 2.28. The average Bonchev–Trinajstić information content (AvgIpc) is 3.02. The zero-order valence-electron chi connectivity index (χ0n) is 13.5. The molecule has 2 aromatic rings. The molecule has 0 spiro atoms. The van der Waals surface area contributed by atoms with Crippen molar-refractivity contribution >= 4 is 22.7 Å². The van der Waals surface area contributed by atoms with Crippen LogP contribution in [0, 0.1) is 5.92 Å². The van der Waals surface area contributed by atoms with Gasteiger partial charge in [-0.3, -0.25) is 9.59 Å². The molecule has 23 heavy (non-hydrogen) atoms. The first kappa shape index (κ1) is 15.6. The van der Waals surface area contributed by atoms with Gasteiger partial charge < -0.3 is 15.2 Å². The Balaban J connectivity index is 1.60. The zero-order valence-corrected chi connectivity index (χ0v) is 13.5. The molecule has 1 aliphatic rings. The number of aromatic amines is 1. The lowest BCUT2D eigenvalue weighted by atomic mass is 9.96. The van der Waals surface area contributed by atoms with Crippen LogP contribution in [0.3, 0.4) is 0 Å². The lowest BCUT2D eigenvalue weighted by Gasteiger charge is -2.31. The summed E-state index contributed by atoms with van der Waals surface area (Å²) in [7, 11) is 1.65. The van der Waals surface area contributed by atoms with Crippen LogP contribution in [-0.2, 0) is 16.0 Å². The molecule has 5 heteroatoms. The number of piperidine rings is 1. The number of H-pyrrole nitrogens is 1. The van der Waals surface area contributed by atoms with Gasteiger partial charge in [-0.25, -0.2) is 0 Å². The SMILES string of the molecule is CNC(=O)[C@H]1CCCN(C(=O)CCc2c[nH]c3ccccc23)C1. The fourth-order valence-electron chi connectivity index (χ4n) is 3.36. The molecule has 2 heterocycles. The second-order valence-electron chi connectivity index (χ2n) is 6.15. The van der Waals surface area contributed by atoms with Crippen molar-refractivity contribution in [2.24, 2.45) is 5.92 Å². The number of carbonyl (C=O) groups excluding carboxylic acids is 2. The van der Waals surface area contributed by atoms with Crippen LogP contribution in [-0.4, -0.2) is 41.8 Å². The standard InChI is InChI=1S/C18H23N3O2/c1-19-18(23)14-5-4-10-21(12-14)17(22)9-8-13-11-20-16-7-3-2-6-15(13)16/h2-3,6-7,11,14,20H,4-5,8-10,12H2,1H3,(H,19,23)/t14-/m0/s1. The maximum absolute atomic E-state index is 12.5. The summed E-state index contributed by atoms with van der Waals surface area (Å²) in [6.45, 7) is 1.31. The molecule has 3 rings (SSSR count). The molecule has 1 aromatic heterocycles. The maximum Gasteiger partial charge on any atom is 0.224 e. The Morgan fingerprint density at radius 2 is 2.17 bits per heavy atom. The van der Waals surface area contributed by atoms with Crippen molar-refractivity contribution in [2.45, 2.75) is 25.7 Å². The van der Waals surface area contributed by atoms with E-state index in [1.165, 1.54) is 10.9 Å². The molecule has 0 bridgehead atoms. The van der Waals surface area contributed by atoms with E-state index in [0.29, 0.717) is 13.0 Å². The maximum atomic E-state index is 12.5. The number of benzene rings is 1. The van der Waals surface area contributed by atoms with E-state index in [1.54, 1.807) is 7.05 Å². The quantitative estimate of drug-likeness (QED) is 0.907. The Bertz CT molecular complexity index is 707. The first-order valence-electron chi connectivity index (χ1n) is 8.23. The molecule has 122 valence electrons. The number of likely N-dealkylation sites (tertiary alicyclic amines) is 1. The molecule has 2 amide bonds. The molecule has 1 aromatic carbocycles. The predicted octanol–water partition coefficient (Wildman–Crippen LogP) is 2.09. The van der Waals surface area contributed by atoms with Crippen molar-refractivity contribution in [3.05, 3.63) is 36.0 Å². The van der Waals surface area contributed by atoms with Gasteiger partial charge in [-0.15, -0.1) is 0 Å². The van der Waals surface area contributed by atoms with Crippen LogP contribution >= 0.6 is 0 Å². The molecule has 1 fully saturated rings. The van der Waals surface area contributed by atoms with Gasteiger partial charge in [-0.05, 0) is 30.9 Å². The van der Waals surface area contributed by atoms with E-state index < -0.39 is 0 Å². The first-order valence-corrected chi connectivity index (χ1v) is 8.23. The number of fused-ring (bicyclic) bond motifs is 1. The molecule has 1 atom stereocenters. The lowest BCUT2D eigenvalue weighted by molar-refractivity contribution is -0.135. The average molecular weight is 313 g/mol. The summed E-state index contributed by atoms with van der Waals surface area (Å²) in [6.07, 6.45) is 4.97. The van der Waals surface area contributed by atoms with Crippen LogP contribution in [0.4, 0.5) is 0 Å². The Morgan fingerprint density at radius 1 is 1.35 bits per heavy atom. The molecule has 1 aliphatic heterocycles. The number of nitrogens with one attached hydrogen (secondary N) is 2. The van der Waals surface area contributed by atoms with Crippen molar-refractivity contribution < 1.29 is 9.59 Å². The summed E-state index contributed by atoms with van der Waals surface area (Å²) in [5, 5.41) is 3.87. The Kier molecular flexibility index (Phi) is 4.65. The van der Waals surface area contributed by atoms with Crippen LogP contribution in [0.25, 0.3) is 10.9 Å². The molecular formula is C18H23N3O2. The van der Waals surface area contributed by atoms with Gasteiger partial charge in [-0.1, -0.05) is 18.2 Å². The third-order valence-corrected chi connectivity index (χ3v) is 4.67. The van der Waals surface area contributed by atoms with E-state index in [1.807, 2.05) is 29.3 Å². The highest BCUT2D eigenvalue weighted by molar-refractivity contribution is 5.84. The number of amides is 2. The highest BCUT2D eigenvalue weighted by Gasteiger charge is 2.27. The van der Waals surface area contributed by atoms with Crippen molar-refractivity contribution in [3.8, 4) is 0 Å². The first-order chi connectivity index (χ1) is 11.2. The highest BCUT2D eigenvalue weighted by atomic mass is 16.2. The number of nitrogens with zero attached hydrogens (tertiary/aromatic N) is 1. The van der Waals surface area contributed by atoms with Crippen LogP contribution in [0.2, 0.25) is 0 Å². The summed E-state index contributed by atoms with van der Waals surface area (Å²) < 4.78 is 0. The van der Waals surface area contributed by atoms with E-state index in [2.05, 4.69) is 16.4 Å². The van der Waals surface area contributed by atoms with Gasteiger partial charge in [-0.2, -0.15) is 0 Å². The number of aryl methyl sites for hydroxylation is 1. The largest absolute Gasteiger partial charge is 0.361 e. The zero-order chi connectivity index (χ0) is 16.2. The van der Waals surface area contributed by atoms with Crippen LogP contribution in [0.15, 0.2) is 30.5 Å². The van der Waals surface area contributed by atoms with Crippen molar-refractivity contribution in [3.63, 3.8) is 0 Å². The van der Waals surface area contributed by atoms with Gasteiger partial charge in [0.2, 0.25) is 11.8 Å². The number of carbonyl (C=O) groups is 2. The number of hydrogen-bond donors (Lipinski definition) is 2. The van der Waals surface area contributed by atoms with Crippen LogP contribution < -0.4 is 5.32 Å². The van der Waals surface area contributed by atoms with Crippen molar-refractivity contribution in [1.29, 1.82) is 0 Å². The highest BCUT2D eigenvalue weighted by Crippen LogP contribution is 2.21. The summed E-state index contributed by atoms with van der Waals surface area (Å²) in [5.74, 6) is 0.119. The van der Waals surface area contributed by atoms with Crippen molar-refractivity contribution in [1.82, 2.24) is 15.2 Å². The molecule has 0 aliphatic carbocycles. The second kappa shape index (κ2) is 6.86. The summed E-state index contributed by atoms with van der Waals surface area (Å²) in [4.78, 5) is 29.3. The number of rotatable bonds is 4. The minimum absolute atomic E-state index is 0.0409. The monoisotopic (exact) mass is 313 g/mol. The normalized spacial score (nSPS) is 18.1. The van der Waals surface area contributed by atoms with Gasteiger partial charge >= 0.3 is 0 Å². The topological polar surface area (TPSA) is 65.2 Å². The summed E-state index contributed by atoms with van der Waals surface area (Å²) >= 11 is 0. The smallest absolute Gasteiger partial charge is 0.224 e. The fourth-order valence-corrected chi connectivity index (χ4v) is 3.36.